The molecule has 0 saturated carbocycles. The number of ether oxygens (including phenoxy) is 1. The van der Waals surface area contributed by atoms with E-state index in [1.165, 1.54) is 0 Å². The smallest absolute Gasteiger partial charge is 0.218 e. The molecule has 0 N–H and O–H groups in total. The Morgan fingerprint density at radius 1 is 1.47 bits per heavy atom. The van der Waals surface area contributed by atoms with Gasteiger partial charge in [-0.05, 0) is 39.8 Å². The molecule has 0 aromatic carbocycles. The second kappa shape index (κ2) is 4.91. The van der Waals surface area contributed by atoms with Crippen LogP contribution in [-0.4, -0.2) is 23.0 Å². The van der Waals surface area contributed by atoms with Gasteiger partial charge in [-0.3, -0.25) is 4.98 Å². The number of aromatic nitrogens is 1. The summed E-state index contributed by atoms with van der Waals surface area (Å²) in [5.74, 6) is 0.665. The van der Waals surface area contributed by atoms with Crippen LogP contribution in [0.3, 0.4) is 0 Å². The Hall–Kier alpha value is -1.38. The van der Waals surface area contributed by atoms with Gasteiger partial charge in [0.1, 0.15) is 0 Å². The molecule has 0 unspecified atom stereocenters. The number of aliphatic imine (C=N–C) groups is 1. The van der Waals surface area contributed by atoms with Gasteiger partial charge in [-0.2, -0.15) is 0 Å². The van der Waals surface area contributed by atoms with Gasteiger partial charge in [-0.1, -0.05) is 0 Å². The minimum Gasteiger partial charge on any atom is -0.478 e. The Kier molecular flexibility index (Phi) is 3.83. The van der Waals surface area contributed by atoms with Crippen LogP contribution in [0.4, 0.5) is 0 Å². The lowest BCUT2D eigenvalue weighted by atomic mass is 10.1. The lowest BCUT2D eigenvalue weighted by Gasteiger charge is -2.15. The van der Waals surface area contributed by atoms with Gasteiger partial charge in [0.15, 0.2) is 0 Å². The van der Waals surface area contributed by atoms with Crippen LogP contribution in [0.25, 0.3) is 0 Å². The number of pyridine rings is 1. The van der Waals surface area contributed by atoms with Crippen LogP contribution in [-0.2, 0) is 4.74 Å². The van der Waals surface area contributed by atoms with Crippen LogP contribution in [0.5, 0.6) is 0 Å². The fourth-order valence-corrected chi connectivity index (χ4v) is 1.11. The zero-order valence-electron chi connectivity index (χ0n) is 9.82. The van der Waals surface area contributed by atoms with Gasteiger partial charge in [0.2, 0.25) is 5.90 Å². The third-order valence-corrected chi connectivity index (χ3v) is 1.63. The lowest BCUT2D eigenvalue weighted by Crippen LogP contribution is -2.17. The third-order valence-electron chi connectivity index (χ3n) is 1.63. The molecule has 1 rings (SSSR count). The van der Waals surface area contributed by atoms with Crippen molar-refractivity contribution in [3.63, 3.8) is 0 Å². The van der Waals surface area contributed by atoms with Crippen molar-refractivity contribution in [2.45, 2.75) is 33.2 Å². The topological polar surface area (TPSA) is 34.5 Å². The van der Waals surface area contributed by atoms with Crippen LogP contribution in [0.15, 0.2) is 29.5 Å². The van der Waals surface area contributed by atoms with Crippen molar-refractivity contribution < 1.29 is 4.74 Å². The first kappa shape index (κ1) is 11.7. The largest absolute Gasteiger partial charge is 0.478 e. The molecule has 0 spiro atoms. The molecular weight excluding hydrogens is 188 g/mol. The van der Waals surface area contributed by atoms with Crippen molar-refractivity contribution in [2.75, 3.05) is 6.61 Å². The third kappa shape index (κ3) is 4.11. The molecule has 1 aromatic rings. The summed E-state index contributed by atoms with van der Waals surface area (Å²) in [6.07, 6.45) is 3.50. The van der Waals surface area contributed by atoms with E-state index in [0.29, 0.717) is 12.5 Å². The molecule has 3 heteroatoms. The highest BCUT2D eigenvalue weighted by molar-refractivity contribution is 5.94. The minimum absolute atomic E-state index is 0.139. The van der Waals surface area contributed by atoms with Crippen LogP contribution >= 0.6 is 0 Å². The van der Waals surface area contributed by atoms with Crippen molar-refractivity contribution >= 4 is 5.90 Å². The molecule has 1 heterocycles. The fourth-order valence-electron chi connectivity index (χ4n) is 1.11. The van der Waals surface area contributed by atoms with Gasteiger partial charge in [0, 0.05) is 12.4 Å². The maximum Gasteiger partial charge on any atom is 0.218 e. The van der Waals surface area contributed by atoms with Crippen molar-refractivity contribution in [3.8, 4) is 0 Å². The molecule has 0 bridgehead atoms. The number of hydrogen-bond acceptors (Lipinski definition) is 3. The van der Waals surface area contributed by atoms with Gasteiger partial charge in [-0.25, -0.2) is 4.99 Å². The second-order valence-corrected chi connectivity index (χ2v) is 4.26. The monoisotopic (exact) mass is 206 g/mol. The quantitative estimate of drug-likeness (QED) is 0.550. The SMILES string of the molecule is CCOC(=NC(C)(C)C)c1cccnc1. The molecule has 0 amide bonds. The summed E-state index contributed by atoms with van der Waals surface area (Å²) in [5, 5.41) is 0. The summed E-state index contributed by atoms with van der Waals surface area (Å²) in [6.45, 7) is 8.70. The van der Waals surface area contributed by atoms with E-state index in [9.17, 15) is 0 Å². The number of hydrogen-bond donors (Lipinski definition) is 0. The highest BCUT2D eigenvalue weighted by atomic mass is 16.5. The van der Waals surface area contributed by atoms with E-state index in [-0.39, 0.29) is 5.54 Å². The summed E-state index contributed by atoms with van der Waals surface area (Å²) in [6, 6.07) is 3.83. The van der Waals surface area contributed by atoms with Gasteiger partial charge >= 0.3 is 0 Å². The Morgan fingerprint density at radius 3 is 2.67 bits per heavy atom. The predicted molar refractivity (Wildman–Crippen MR) is 62.2 cm³/mol. The second-order valence-electron chi connectivity index (χ2n) is 4.26. The Bertz CT molecular complexity index is 325. The molecular formula is C12H18N2O. The maximum absolute atomic E-state index is 5.51. The maximum atomic E-state index is 5.51. The molecule has 0 saturated heterocycles. The van der Waals surface area contributed by atoms with Gasteiger partial charge in [0.25, 0.3) is 0 Å². The van der Waals surface area contributed by atoms with E-state index in [4.69, 9.17) is 4.74 Å². The van der Waals surface area contributed by atoms with Crippen LogP contribution in [0.1, 0.15) is 33.3 Å². The van der Waals surface area contributed by atoms with E-state index in [1.807, 2.05) is 39.8 Å². The molecule has 0 aliphatic carbocycles. The van der Waals surface area contributed by atoms with Crippen LogP contribution < -0.4 is 0 Å². The number of rotatable bonds is 2. The highest BCUT2D eigenvalue weighted by Crippen LogP contribution is 2.11. The predicted octanol–water partition coefficient (Wildman–Crippen LogP) is 2.66. The van der Waals surface area contributed by atoms with Crippen molar-refractivity contribution in [1.29, 1.82) is 0 Å². The van der Waals surface area contributed by atoms with E-state index in [1.54, 1.807) is 12.4 Å². The van der Waals surface area contributed by atoms with Crippen molar-refractivity contribution in [1.82, 2.24) is 4.98 Å². The van der Waals surface area contributed by atoms with Crippen molar-refractivity contribution in [3.05, 3.63) is 30.1 Å². The van der Waals surface area contributed by atoms with E-state index in [0.717, 1.165) is 5.56 Å². The van der Waals surface area contributed by atoms with Gasteiger partial charge < -0.3 is 4.74 Å². The average Bonchev–Trinajstić information content (AvgIpc) is 2.17. The molecule has 82 valence electrons. The lowest BCUT2D eigenvalue weighted by molar-refractivity contribution is 0.321. The molecule has 0 aliphatic heterocycles. The van der Waals surface area contributed by atoms with E-state index in [2.05, 4.69) is 9.98 Å². The molecule has 15 heavy (non-hydrogen) atoms. The first-order valence-corrected chi connectivity index (χ1v) is 5.16. The molecule has 0 radical (unpaired) electrons. The Balaban J connectivity index is 2.99. The summed E-state index contributed by atoms with van der Waals surface area (Å²) in [7, 11) is 0. The van der Waals surface area contributed by atoms with Crippen LogP contribution in [0, 0.1) is 0 Å². The average molecular weight is 206 g/mol. The Labute approximate surface area is 91.2 Å². The Morgan fingerprint density at radius 2 is 2.20 bits per heavy atom. The van der Waals surface area contributed by atoms with Gasteiger partial charge in [-0.15, -0.1) is 0 Å². The molecule has 1 aromatic heterocycles. The zero-order chi connectivity index (χ0) is 11.3. The summed E-state index contributed by atoms with van der Waals surface area (Å²) in [4.78, 5) is 8.58. The first-order chi connectivity index (χ1) is 7.03. The normalized spacial score (nSPS) is 12.7. The van der Waals surface area contributed by atoms with E-state index >= 15 is 0 Å². The first-order valence-electron chi connectivity index (χ1n) is 5.16. The summed E-state index contributed by atoms with van der Waals surface area (Å²) < 4.78 is 5.51. The molecule has 3 nitrogen and oxygen atoms in total. The van der Waals surface area contributed by atoms with Gasteiger partial charge in [0.05, 0.1) is 17.7 Å². The summed E-state index contributed by atoms with van der Waals surface area (Å²) >= 11 is 0. The minimum atomic E-state index is -0.139. The van der Waals surface area contributed by atoms with Crippen molar-refractivity contribution in [2.24, 2.45) is 4.99 Å². The molecule has 0 fully saturated rings. The number of nitrogens with zero attached hydrogens (tertiary/aromatic N) is 2. The summed E-state index contributed by atoms with van der Waals surface area (Å²) in [5.41, 5.74) is 0.787. The molecule has 0 aliphatic rings. The van der Waals surface area contributed by atoms with Crippen LogP contribution in [0.2, 0.25) is 0 Å². The molecule has 0 atom stereocenters. The zero-order valence-corrected chi connectivity index (χ0v) is 9.82. The van der Waals surface area contributed by atoms with E-state index < -0.39 is 0 Å². The standard InChI is InChI=1S/C12H18N2O/c1-5-15-11(14-12(2,3)4)10-7-6-8-13-9-10/h6-9H,5H2,1-4H3. The highest BCUT2D eigenvalue weighted by Gasteiger charge is 2.12. The fraction of sp³-hybridized carbons (Fsp3) is 0.500.